The summed E-state index contributed by atoms with van der Waals surface area (Å²) >= 11 is 3.29. The maximum absolute atomic E-state index is 12.6. The van der Waals surface area contributed by atoms with Crippen LogP contribution >= 0.6 is 15.9 Å². The van der Waals surface area contributed by atoms with E-state index in [1.54, 1.807) is 38.4 Å². The van der Waals surface area contributed by atoms with Gasteiger partial charge in [-0.15, -0.1) is 0 Å². The van der Waals surface area contributed by atoms with Gasteiger partial charge in [0.1, 0.15) is 0 Å². The summed E-state index contributed by atoms with van der Waals surface area (Å²) in [6.45, 7) is 0.727. The van der Waals surface area contributed by atoms with Gasteiger partial charge in [-0.3, -0.25) is 4.79 Å². The number of nitrogens with zero attached hydrogens (tertiary/aromatic N) is 2. The minimum atomic E-state index is -3.53. The Morgan fingerprint density at radius 1 is 1.29 bits per heavy atom. The summed E-state index contributed by atoms with van der Waals surface area (Å²) in [4.78, 5) is 13.8. The standard InChI is InChI=1S/C14H19BrN2O3S/c1-16(2)14(18)11-4-3-9-17(10-11)21(19,20)13-7-5-12(15)6-8-13/h5-8,11H,3-4,9-10H2,1-2H3/t11-/m1/s1. The van der Waals surface area contributed by atoms with Crippen molar-refractivity contribution in [2.45, 2.75) is 17.7 Å². The van der Waals surface area contributed by atoms with E-state index in [0.29, 0.717) is 13.0 Å². The van der Waals surface area contributed by atoms with Crippen LogP contribution in [0.3, 0.4) is 0 Å². The molecule has 0 aromatic heterocycles. The molecule has 0 unspecified atom stereocenters. The molecule has 1 aliphatic rings. The van der Waals surface area contributed by atoms with Crippen LogP contribution in [0.2, 0.25) is 0 Å². The van der Waals surface area contributed by atoms with E-state index in [0.717, 1.165) is 10.9 Å². The first-order valence-corrected chi connectivity index (χ1v) is 9.02. The monoisotopic (exact) mass is 374 g/mol. The largest absolute Gasteiger partial charge is 0.349 e. The number of hydrogen-bond acceptors (Lipinski definition) is 3. The Morgan fingerprint density at radius 3 is 2.48 bits per heavy atom. The lowest BCUT2D eigenvalue weighted by atomic mass is 9.98. The zero-order chi connectivity index (χ0) is 15.6. The van der Waals surface area contributed by atoms with Crippen LogP contribution in [0.5, 0.6) is 0 Å². The number of carbonyl (C=O) groups is 1. The lowest BCUT2D eigenvalue weighted by Crippen LogP contribution is -2.45. The van der Waals surface area contributed by atoms with Crippen molar-refractivity contribution in [3.05, 3.63) is 28.7 Å². The van der Waals surface area contributed by atoms with Crippen molar-refractivity contribution in [2.24, 2.45) is 5.92 Å². The van der Waals surface area contributed by atoms with Crippen molar-refractivity contribution in [3.8, 4) is 0 Å². The van der Waals surface area contributed by atoms with E-state index in [4.69, 9.17) is 0 Å². The third kappa shape index (κ3) is 3.64. The van der Waals surface area contributed by atoms with Gasteiger partial charge in [0.05, 0.1) is 10.8 Å². The van der Waals surface area contributed by atoms with Gasteiger partial charge in [0.2, 0.25) is 15.9 Å². The molecule has 0 spiro atoms. The Kier molecular flexibility index (Phi) is 5.06. The number of sulfonamides is 1. The summed E-state index contributed by atoms with van der Waals surface area (Å²) < 4.78 is 27.5. The fourth-order valence-corrected chi connectivity index (χ4v) is 4.27. The van der Waals surface area contributed by atoms with Gasteiger partial charge in [0, 0.05) is 31.7 Å². The van der Waals surface area contributed by atoms with Gasteiger partial charge < -0.3 is 4.90 Å². The van der Waals surface area contributed by atoms with E-state index in [-0.39, 0.29) is 23.3 Å². The number of benzene rings is 1. The SMILES string of the molecule is CN(C)C(=O)[C@@H]1CCCN(S(=O)(=O)c2ccc(Br)cc2)C1. The van der Waals surface area contributed by atoms with Crippen LogP contribution in [0.25, 0.3) is 0 Å². The molecule has 1 saturated heterocycles. The third-order valence-corrected chi connectivity index (χ3v) is 6.03. The van der Waals surface area contributed by atoms with Crippen molar-refractivity contribution in [2.75, 3.05) is 27.2 Å². The van der Waals surface area contributed by atoms with Crippen molar-refractivity contribution in [1.82, 2.24) is 9.21 Å². The lowest BCUT2D eigenvalue weighted by molar-refractivity contribution is -0.134. The smallest absolute Gasteiger partial charge is 0.243 e. The average Bonchev–Trinajstić information content (AvgIpc) is 2.47. The summed E-state index contributed by atoms with van der Waals surface area (Å²) in [6.07, 6.45) is 1.45. The summed E-state index contributed by atoms with van der Waals surface area (Å²) in [5, 5.41) is 0. The van der Waals surface area contributed by atoms with Crippen molar-refractivity contribution < 1.29 is 13.2 Å². The molecule has 0 saturated carbocycles. The molecule has 0 aliphatic carbocycles. The van der Waals surface area contributed by atoms with Gasteiger partial charge >= 0.3 is 0 Å². The quantitative estimate of drug-likeness (QED) is 0.812. The van der Waals surface area contributed by atoms with Crippen LogP contribution in [0.15, 0.2) is 33.6 Å². The molecule has 1 atom stereocenters. The maximum Gasteiger partial charge on any atom is 0.243 e. The fourth-order valence-electron chi connectivity index (χ4n) is 2.48. The molecule has 1 fully saturated rings. The first kappa shape index (κ1) is 16.5. The van der Waals surface area contributed by atoms with E-state index in [9.17, 15) is 13.2 Å². The molecular formula is C14H19BrN2O3S. The molecule has 1 amide bonds. The molecule has 0 radical (unpaired) electrons. The summed E-state index contributed by atoms with van der Waals surface area (Å²) in [6, 6.07) is 6.58. The molecule has 0 N–H and O–H groups in total. The molecule has 2 rings (SSSR count). The molecule has 7 heteroatoms. The first-order chi connectivity index (χ1) is 9.82. The lowest BCUT2D eigenvalue weighted by Gasteiger charge is -2.32. The van der Waals surface area contributed by atoms with Gasteiger partial charge in [-0.2, -0.15) is 4.31 Å². The number of hydrogen-bond donors (Lipinski definition) is 0. The molecule has 1 heterocycles. The number of amides is 1. The van der Waals surface area contributed by atoms with E-state index in [1.807, 2.05) is 0 Å². The van der Waals surface area contributed by atoms with Gasteiger partial charge in [0.15, 0.2) is 0 Å². The molecule has 1 aromatic rings. The van der Waals surface area contributed by atoms with Gasteiger partial charge in [-0.1, -0.05) is 15.9 Å². The highest BCUT2D eigenvalue weighted by Crippen LogP contribution is 2.25. The Bertz CT molecular complexity index is 614. The average molecular weight is 375 g/mol. The molecule has 1 aliphatic heterocycles. The van der Waals surface area contributed by atoms with Crippen molar-refractivity contribution in [3.63, 3.8) is 0 Å². The predicted molar refractivity (Wildman–Crippen MR) is 84.3 cm³/mol. The van der Waals surface area contributed by atoms with Crippen LogP contribution in [-0.2, 0) is 14.8 Å². The summed E-state index contributed by atoms with van der Waals surface area (Å²) in [7, 11) is -0.131. The number of carbonyl (C=O) groups excluding carboxylic acids is 1. The second kappa shape index (κ2) is 6.46. The topological polar surface area (TPSA) is 57.7 Å². The van der Waals surface area contributed by atoms with Gasteiger partial charge in [-0.05, 0) is 37.1 Å². The predicted octanol–water partition coefficient (Wildman–Crippen LogP) is 1.94. The Hall–Kier alpha value is -0.920. The van der Waals surface area contributed by atoms with E-state index in [1.165, 1.54) is 9.21 Å². The van der Waals surface area contributed by atoms with Crippen molar-refractivity contribution in [1.29, 1.82) is 0 Å². The second-order valence-electron chi connectivity index (χ2n) is 5.39. The highest BCUT2D eigenvalue weighted by atomic mass is 79.9. The second-order valence-corrected chi connectivity index (χ2v) is 8.24. The van der Waals surface area contributed by atoms with Crippen molar-refractivity contribution >= 4 is 31.9 Å². The Morgan fingerprint density at radius 2 is 1.90 bits per heavy atom. The Balaban J connectivity index is 2.20. The minimum absolute atomic E-state index is 0.00861. The molecule has 21 heavy (non-hydrogen) atoms. The van der Waals surface area contributed by atoms with Crippen LogP contribution in [0, 0.1) is 5.92 Å². The molecule has 5 nitrogen and oxygen atoms in total. The number of rotatable bonds is 3. The van der Waals surface area contributed by atoms with Crippen LogP contribution in [-0.4, -0.2) is 50.7 Å². The molecule has 1 aromatic carbocycles. The number of piperidine rings is 1. The fraction of sp³-hybridized carbons (Fsp3) is 0.500. The van der Waals surface area contributed by atoms with Crippen LogP contribution < -0.4 is 0 Å². The molecule has 116 valence electrons. The summed E-state index contributed by atoms with van der Waals surface area (Å²) in [5.74, 6) is -0.260. The normalized spacial score (nSPS) is 20.2. The third-order valence-electron chi connectivity index (χ3n) is 3.63. The zero-order valence-corrected chi connectivity index (χ0v) is 14.5. The van der Waals surface area contributed by atoms with E-state index < -0.39 is 10.0 Å². The first-order valence-electron chi connectivity index (χ1n) is 6.79. The summed E-state index contributed by atoms with van der Waals surface area (Å²) in [5.41, 5.74) is 0. The Labute approximate surface area is 134 Å². The van der Waals surface area contributed by atoms with Crippen LogP contribution in [0.4, 0.5) is 0 Å². The molecule has 0 bridgehead atoms. The van der Waals surface area contributed by atoms with Gasteiger partial charge in [-0.25, -0.2) is 8.42 Å². The van der Waals surface area contributed by atoms with E-state index in [2.05, 4.69) is 15.9 Å². The highest BCUT2D eigenvalue weighted by Gasteiger charge is 2.33. The van der Waals surface area contributed by atoms with Crippen LogP contribution in [0.1, 0.15) is 12.8 Å². The maximum atomic E-state index is 12.6. The highest BCUT2D eigenvalue weighted by molar-refractivity contribution is 9.10. The van der Waals surface area contributed by atoms with E-state index >= 15 is 0 Å². The zero-order valence-electron chi connectivity index (χ0n) is 12.1. The molecular weight excluding hydrogens is 356 g/mol. The number of halogens is 1. The van der Waals surface area contributed by atoms with Gasteiger partial charge in [0.25, 0.3) is 0 Å². The minimum Gasteiger partial charge on any atom is -0.349 e.